The summed E-state index contributed by atoms with van der Waals surface area (Å²) < 4.78 is 0. The number of likely N-dealkylation sites (N-methyl/N-ethyl adjacent to an activating group) is 1. The molecule has 0 radical (unpaired) electrons. The zero-order valence-corrected chi connectivity index (χ0v) is 13.0. The van der Waals surface area contributed by atoms with Gasteiger partial charge in [0.15, 0.2) is 0 Å². The van der Waals surface area contributed by atoms with Crippen molar-refractivity contribution in [2.45, 2.75) is 89.7 Å². The molecule has 2 saturated carbocycles. The van der Waals surface area contributed by atoms with E-state index in [1.807, 2.05) is 0 Å². The van der Waals surface area contributed by atoms with E-state index in [1.165, 1.54) is 64.2 Å². The molecule has 0 aromatic carbocycles. The van der Waals surface area contributed by atoms with E-state index in [9.17, 15) is 5.11 Å². The first kappa shape index (κ1) is 15.3. The molecule has 0 aliphatic heterocycles. The molecule has 0 aromatic rings. The summed E-state index contributed by atoms with van der Waals surface area (Å²) in [4.78, 5) is 2.57. The number of hydrogen-bond donors (Lipinski definition) is 1. The van der Waals surface area contributed by atoms with Gasteiger partial charge in [0.2, 0.25) is 0 Å². The molecule has 0 heterocycles. The molecule has 2 heteroatoms. The van der Waals surface area contributed by atoms with E-state index in [0.717, 1.165) is 13.1 Å². The first-order chi connectivity index (χ1) is 9.24. The van der Waals surface area contributed by atoms with E-state index in [0.29, 0.717) is 5.92 Å². The van der Waals surface area contributed by atoms with Gasteiger partial charge >= 0.3 is 0 Å². The second kappa shape index (κ2) is 7.08. The van der Waals surface area contributed by atoms with Gasteiger partial charge < -0.3 is 5.11 Å². The molecular formula is C17H33NO. The third-order valence-electron chi connectivity index (χ3n) is 5.76. The number of aliphatic hydroxyl groups excluding tert-OH is 1. The average molecular weight is 267 g/mol. The van der Waals surface area contributed by atoms with Gasteiger partial charge in [0, 0.05) is 5.54 Å². The number of aliphatic hydroxyl groups is 1. The van der Waals surface area contributed by atoms with Gasteiger partial charge in [0.25, 0.3) is 0 Å². The molecule has 2 rings (SSSR count). The Labute approximate surface area is 119 Å². The van der Waals surface area contributed by atoms with Crippen LogP contribution in [-0.4, -0.2) is 34.7 Å². The fourth-order valence-corrected chi connectivity index (χ4v) is 4.71. The Bertz CT molecular complexity index is 248. The van der Waals surface area contributed by atoms with Crippen molar-refractivity contribution >= 4 is 0 Å². The minimum Gasteiger partial charge on any atom is -0.391 e. The second-order valence-electron chi connectivity index (χ2n) is 6.68. The number of nitrogens with zero attached hydrogens (tertiary/aromatic N) is 1. The highest BCUT2D eigenvalue weighted by molar-refractivity contribution is 5.02. The molecule has 0 amide bonds. The lowest BCUT2D eigenvalue weighted by atomic mass is 9.78. The minimum absolute atomic E-state index is 0.0898. The summed E-state index contributed by atoms with van der Waals surface area (Å²) in [6, 6.07) is 0. The Kier molecular flexibility index (Phi) is 5.70. The lowest BCUT2D eigenvalue weighted by Gasteiger charge is -2.46. The van der Waals surface area contributed by atoms with Crippen LogP contribution in [-0.2, 0) is 0 Å². The molecular weight excluding hydrogens is 234 g/mol. The van der Waals surface area contributed by atoms with Gasteiger partial charge in [-0.3, -0.25) is 4.90 Å². The maximum Gasteiger partial charge on any atom is 0.0751 e. The van der Waals surface area contributed by atoms with E-state index in [1.54, 1.807) is 0 Å². The van der Waals surface area contributed by atoms with Crippen molar-refractivity contribution in [2.24, 2.45) is 5.92 Å². The van der Waals surface area contributed by atoms with Crippen LogP contribution in [0.3, 0.4) is 0 Å². The fraction of sp³-hybridized carbons (Fsp3) is 1.00. The van der Waals surface area contributed by atoms with Crippen molar-refractivity contribution < 1.29 is 5.11 Å². The molecule has 2 aliphatic rings. The summed E-state index contributed by atoms with van der Waals surface area (Å²) in [5.74, 6) is 0.557. The zero-order valence-electron chi connectivity index (χ0n) is 13.0. The van der Waals surface area contributed by atoms with Crippen molar-refractivity contribution in [3.63, 3.8) is 0 Å². The number of hydrogen-bond acceptors (Lipinski definition) is 2. The topological polar surface area (TPSA) is 23.5 Å². The van der Waals surface area contributed by atoms with Crippen molar-refractivity contribution in [3.8, 4) is 0 Å². The lowest BCUT2D eigenvalue weighted by molar-refractivity contribution is -0.0592. The van der Waals surface area contributed by atoms with Crippen LogP contribution in [0.5, 0.6) is 0 Å². The van der Waals surface area contributed by atoms with Crippen molar-refractivity contribution in [1.29, 1.82) is 0 Å². The van der Waals surface area contributed by atoms with Crippen LogP contribution in [0.15, 0.2) is 0 Å². The van der Waals surface area contributed by atoms with E-state index in [2.05, 4.69) is 18.7 Å². The third kappa shape index (κ3) is 3.16. The van der Waals surface area contributed by atoms with Crippen LogP contribution in [0, 0.1) is 5.92 Å². The van der Waals surface area contributed by atoms with Crippen LogP contribution in [0.1, 0.15) is 78.1 Å². The summed E-state index contributed by atoms with van der Waals surface area (Å²) in [7, 11) is 0. The molecule has 2 fully saturated rings. The average Bonchev–Trinajstić information content (AvgIpc) is 2.76. The SMILES string of the molecule is CCN(CC)C1(C(O)C2CCCCCC2)CCCC1. The van der Waals surface area contributed by atoms with Gasteiger partial charge in [-0.25, -0.2) is 0 Å². The van der Waals surface area contributed by atoms with Crippen molar-refractivity contribution in [3.05, 3.63) is 0 Å². The molecule has 0 bridgehead atoms. The van der Waals surface area contributed by atoms with Gasteiger partial charge in [0.05, 0.1) is 6.10 Å². The van der Waals surface area contributed by atoms with Gasteiger partial charge in [-0.2, -0.15) is 0 Å². The van der Waals surface area contributed by atoms with E-state index in [4.69, 9.17) is 0 Å². The zero-order chi connectivity index (χ0) is 13.7. The highest BCUT2D eigenvalue weighted by Gasteiger charge is 2.46. The smallest absolute Gasteiger partial charge is 0.0751 e. The van der Waals surface area contributed by atoms with Crippen LogP contribution in [0.25, 0.3) is 0 Å². The maximum absolute atomic E-state index is 11.1. The van der Waals surface area contributed by atoms with E-state index >= 15 is 0 Å². The Morgan fingerprint density at radius 2 is 1.47 bits per heavy atom. The summed E-state index contributed by atoms with van der Waals surface area (Å²) in [6.07, 6.45) is 12.9. The van der Waals surface area contributed by atoms with Crippen molar-refractivity contribution in [2.75, 3.05) is 13.1 Å². The summed E-state index contributed by atoms with van der Waals surface area (Å²) in [5, 5.41) is 11.1. The lowest BCUT2D eigenvalue weighted by Crippen LogP contribution is -2.57. The Hall–Kier alpha value is -0.0800. The Morgan fingerprint density at radius 3 is 1.95 bits per heavy atom. The van der Waals surface area contributed by atoms with Gasteiger partial charge in [-0.1, -0.05) is 52.4 Å². The van der Waals surface area contributed by atoms with E-state index in [-0.39, 0.29) is 11.6 Å². The third-order valence-corrected chi connectivity index (χ3v) is 5.76. The van der Waals surface area contributed by atoms with Crippen LogP contribution in [0.2, 0.25) is 0 Å². The molecule has 2 nitrogen and oxygen atoms in total. The van der Waals surface area contributed by atoms with Gasteiger partial charge in [0.1, 0.15) is 0 Å². The molecule has 19 heavy (non-hydrogen) atoms. The predicted molar refractivity (Wildman–Crippen MR) is 81.3 cm³/mol. The largest absolute Gasteiger partial charge is 0.391 e. The Balaban J connectivity index is 2.12. The standard InChI is InChI=1S/C17H33NO/c1-3-18(4-2)17(13-9-10-14-17)16(19)15-11-7-5-6-8-12-15/h15-16,19H,3-14H2,1-2H3. The highest BCUT2D eigenvalue weighted by Crippen LogP contribution is 2.43. The quantitative estimate of drug-likeness (QED) is 0.762. The second-order valence-corrected chi connectivity index (χ2v) is 6.68. The minimum atomic E-state index is -0.0898. The molecule has 0 spiro atoms. The molecule has 0 aromatic heterocycles. The highest BCUT2D eigenvalue weighted by atomic mass is 16.3. The molecule has 1 N–H and O–H groups in total. The summed E-state index contributed by atoms with van der Waals surface area (Å²) in [5.41, 5.74) is 0.110. The summed E-state index contributed by atoms with van der Waals surface area (Å²) in [6.45, 7) is 6.67. The maximum atomic E-state index is 11.1. The Morgan fingerprint density at radius 1 is 0.947 bits per heavy atom. The molecule has 1 atom stereocenters. The monoisotopic (exact) mass is 267 g/mol. The van der Waals surface area contributed by atoms with Crippen LogP contribution in [0.4, 0.5) is 0 Å². The van der Waals surface area contributed by atoms with E-state index < -0.39 is 0 Å². The van der Waals surface area contributed by atoms with Crippen LogP contribution >= 0.6 is 0 Å². The summed E-state index contributed by atoms with van der Waals surface area (Å²) >= 11 is 0. The van der Waals surface area contributed by atoms with Crippen molar-refractivity contribution in [1.82, 2.24) is 4.90 Å². The fourth-order valence-electron chi connectivity index (χ4n) is 4.71. The molecule has 2 aliphatic carbocycles. The predicted octanol–water partition coefficient (Wildman–Crippen LogP) is 3.97. The van der Waals surface area contributed by atoms with Gasteiger partial charge in [-0.15, -0.1) is 0 Å². The number of rotatable bonds is 5. The van der Waals surface area contributed by atoms with Gasteiger partial charge in [-0.05, 0) is 44.7 Å². The first-order valence-electron chi connectivity index (χ1n) is 8.67. The molecule has 1 unspecified atom stereocenters. The molecule has 112 valence electrons. The normalized spacial score (nSPS) is 26.5. The molecule has 0 saturated heterocycles. The van der Waals surface area contributed by atoms with Crippen LogP contribution < -0.4 is 0 Å². The first-order valence-corrected chi connectivity index (χ1v) is 8.67.